The molecule has 30 heavy (non-hydrogen) atoms. The van der Waals surface area contributed by atoms with Gasteiger partial charge in [0.15, 0.2) is 5.82 Å². The Kier molecular flexibility index (Phi) is 6.82. The highest BCUT2D eigenvalue weighted by molar-refractivity contribution is 5.67. The molecular weight excluding hydrogens is 410 g/mol. The van der Waals surface area contributed by atoms with Crippen LogP contribution in [0.5, 0.6) is 0 Å². The lowest BCUT2D eigenvalue weighted by Gasteiger charge is -2.11. The zero-order chi connectivity index (χ0) is 22.5. The zero-order valence-corrected chi connectivity index (χ0v) is 15.3. The minimum Gasteiger partial charge on any atom is -0.481 e. The van der Waals surface area contributed by atoms with E-state index in [1.807, 2.05) is 0 Å². The average Bonchev–Trinajstić information content (AvgIpc) is 2.66. The van der Waals surface area contributed by atoms with Crippen LogP contribution in [0, 0.1) is 5.82 Å². The molecule has 0 saturated carbocycles. The lowest BCUT2D eigenvalue weighted by Crippen LogP contribution is -2.25. The topological polar surface area (TPSA) is 136 Å². The molecule has 160 valence electrons. The van der Waals surface area contributed by atoms with Crippen LogP contribution < -0.4 is 22.3 Å². The van der Waals surface area contributed by atoms with Gasteiger partial charge in [-0.3, -0.25) is 14.2 Å². The van der Waals surface area contributed by atoms with Crippen LogP contribution in [0.25, 0.3) is 5.82 Å². The Morgan fingerprint density at radius 1 is 1.23 bits per heavy atom. The van der Waals surface area contributed by atoms with Gasteiger partial charge in [-0.15, -0.1) is 0 Å². The van der Waals surface area contributed by atoms with Crippen LogP contribution in [0.2, 0.25) is 0 Å². The molecule has 0 aliphatic rings. The first-order chi connectivity index (χ1) is 14.0. The number of anilines is 2. The molecule has 0 unspecified atom stereocenters. The largest absolute Gasteiger partial charge is 0.481 e. The summed E-state index contributed by atoms with van der Waals surface area (Å²) in [5.74, 6) is -2.73. The number of nitrogens with zero attached hydrogens (tertiary/aromatic N) is 2. The number of aliphatic carboxylic acids is 1. The first-order valence-corrected chi connectivity index (χ1v) is 8.34. The van der Waals surface area contributed by atoms with Crippen LogP contribution in [-0.2, 0) is 11.0 Å². The number of halogens is 4. The van der Waals surface area contributed by atoms with Crippen LogP contribution in [-0.4, -0.2) is 20.6 Å². The van der Waals surface area contributed by atoms with E-state index in [1.54, 1.807) is 0 Å². The molecule has 0 fully saturated rings. The Bertz CT molecular complexity index is 1060. The normalized spacial score (nSPS) is 12.7. The zero-order valence-electron chi connectivity index (χ0n) is 15.3. The van der Waals surface area contributed by atoms with Crippen molar-refractivity contribution in [3.05, 3.63) is 70.2 Å². The molecule has 6 N–H and O–H groups in total. The summed E-state index contributed by atoms with van der Waals surface area (Å²) >= 11 is 0. The van der Waals surface area contributed by atoms with E-state index < -0.39 is 29.1 Å². The lowest BCUT2D eigenvalue weighted by atomic mass is 10.2. The minimum absolute atomic E-state index is 0.0738. The van der Waals surface area contributed by atoms with Crippen LogP contribution in [0.15, 0.2) is 53.2 Å². The molecule has 0 aliphatic carbocycles. The molecule has 0 bridgehead atoms. The average molecular weight is 427 g/mol. The van der Waals surface area contributed by atoms with E-state index in [1.165, 1.54) is 24.5 Å². The molecule has 0 amide bonds. The van der Waals surface area contributed by atoms with Crippen molar-refractivity contribution >= 4 is 23.3 Å². The maximum Gasteiger partial charge on any atom is 0.416 e. The van der Waals surface area contributed by atoms with Gasteiger partial charge < -0.3 is 21.9 Å². The molecule has 2 aromatic rings. The molecule has 12 heteroatoms. The van der Waals surface area contributed by atoms with Crippen LogP contribution in [0.4, 0.5) is 29.1 Å². The first-order valence-electron chi connectivity index (χ1n) is 8.34. The van der Waals surface area contributed by atoms with E-state index in [2.05, 4.69) is 10.3 Å². The third-order valence-corrected chi connectivity index (χ3v) is 3.76. The highest BCUT2D eigenvalue weighted by Crippen LogP contribution is 2.31. The number of hydrogen-bond donors (Lipinski definition) is 4. The van der Waals surface area contributed by atoms with Gasteiger partial charge >= 0.3 is 12.1 Å². The summed E-state index contributed by atoms with van der Waals surface area (Å²) in [4.78, 5) is 26.8. The summed E-state index contributed by atoms with van der Waals surface area (Å²) < 4.78 is 52.8. The summed E-state index contributed by atoms with van der Waals surface area (Å²) in [6.07, 6.45) is 0.154. The van der Waals surface area contributed by atoms with Gasteiger partial charge in [0.25, 0.3) is 5.56 Å². The number of carbonyl (C=O) groups is 1. The molecule has 1 aromatic heterocycles. The molecule has 8 nitrogen and oxygen atoms in total. The maximum atomic E-state index is 14.0. The number of nitrogens with one attached hydrogen (secondary N) is 1. The fourth-order valence-corrected chi connectivity index (χ4v) is 2.23. The summed E-state index contributed by atoms with van der Waals surface area (Å²) in [6, 6.07) is 1.79. The van der Waals surface area contributed by atoms with Gasteiger partial charge in [-0.2, -0.15) is 13.2 Å². The van der Waals surface area contributed by atoms with Gasteiger partial charge in [0.2, 0.25) is 0 Å². The Hall–Kier alpha value is -3.83. The molecule has 0 saturated heterocycles. The molecule has 0 aliphatic heterocycles. The number of aromatic nitrogens is 2. The van der Waals surface area contributed by atoms with Crippen molar-refractivity contribution < 1.29 is 27.5 Å². The van der Waals surface area contributed by atoms with Gasteiger partial charge in [-0.05, 0) is 36.8 Å². The molecule has 2 rings (SSSR count). The third-order valence-electron chi connectivity index (χ3n) is 3.76. The fraction of sp³-hybridized carbons (Fsp3) is 0.167. The summed E-state index contributed by atoms with van der Waals surface area (Å²) in [6.45, 7) is 0. The van der Waals surface area contributed by atoms with Crippen LogP contribution in [0.3, 0.4) is 0 Å². The highest BCUT2D eigenvalue weighted by atomic mass is 19.4. The summed E-state index contributed by atoms with van der Waals surface area (Å²) in [7, 11) is 0. The highest BCUT2D eigenvalue weighted by Gasteiger charge is 2.31. The second-order valence-electron chi connectivity index (χ2n) is 6.00. The number of carboxylic acid groups (broad SMARTS) is 1. The Morgan fingerprint density at radius 3 is 2.53 bits per heavy atom. The van der Waals surface area contributed by atoms with Crippen LogP contribution >= 0.6 is 0 Å². The van der Waals surface area contributed by atoms with E-state index in [-0.39, 0.29) is 35.9 Å². The SMILES string of the molecule is N/C(=C\C=C(/N)n1ccnc(Nc2ccc(C(F)(F)F)cc2F)c1=O)CCC(=O)O. The molecule has 0 spiro atoms. The molecule has 0 radical (unpaired) electrons. The predicted molar refractivity (Wildman–Crippen MR) is 101 cm³/mol. The molecule has 0 atom stereocenters. The van der Waals surface area contributed by atoms with E-state index in [9.17, 15) is 27.2 Å². The number of allylic oxidation sites excluding steroid dienone is 3. The Labute approximate surface area is 167 Å². The van der Waals surface area contributed by atoms with Crippen LogP contribution in [0.1, 0.15) is 18.4 Å². The number of nitrogens with two attached hydrogens (primary N) is 2. The summed E-state index contributed by atoms with van der Waals surface area (Å²) in [5, 5.41) is 11.0. The number of alkyl halides is 3. The van der Waals surface area contributed by atoms with Crippen molar-refractivity contribution in [2.45, 2.75) is 19.0 Å². The van der Waals surface area contributed by atoms with E-state index in [0.29, 0.717) is 12.1 Å². The molecule has 1 heterocycles. The molecule has 1 aromatic carbocycles. The smallest absolute Gasteiger partial charge is 0.416 e. The number of hydrogen-bond acceptors (Lipinski definition) is 6. The summed E-state index contributed by atoms with van der Waals surface area (Å²) in [5.41, 5.74) is 9.31. The van der Waals surface area contributed by atoms with Crippen molar-refractivity contribution in [1.29, 1.82) is 0 Å². The van der Waals surface area contributed by atoms with E-state index in [4.69, 9.17) is 16.6 Å². The quantitative estimate of drug-likeness (QED) is 0.394. The maximum absolute atomic E-state index is 14.0. The number of carboxylic acids is 1. The second kappa shape index (κ2) is 9.11. The van der Waals surface area contributed by atoms with E-state index in [0.717, 1.165) is 10.6 Å². The monoisotopic (exact) mass is 427 g/mol. The third kappa shape index (κ3) is 5.83. The number of benzene rings is 1. The second-order valence-corrected chi connectivity index (χ2v) is 6.00. The van der Waals surface area contributed by atoms with Crippen molar-refractivity contribution in [1.82, 2.24) is 9.55 Å². The van der Waals surface area contributed by atoms with Crippen molar-refractivity contribution in [2.24, 2.45) is 11.5 Å². The first kappa shape index (κ1) is 22.5. The van der Waals surface area contributed by atoms with Gasteiger partial charge in [0.05, 0.1) is 17.7 Å². The van der Waals surface area contributed by atoms with E-state index >= 15 is 0 Å². The van der Waals surface area contributed by atoms with Gasteiger partial charge in [-0.1, -0.05) is 0 Å². The predicted octanol–water partition coefficient (Wildman–Crippen LogP) is 2.61. The fourth-order valence-electron chi connectivity index (χ4n) is 2.23. The lowest BCUT2D eigenvalue weighted by molar-refractivity contribution is -0.138. The number of rotatable bonds is 7. The van der Waals surface area contributed by atoms with Crippen molar-refractivity contribution in [3.63, 3.8) is 0 Å². The minimum atomic E-state index is -4.71. The Morgan fingerprint density at radius 2 is 1.93 bits per heavy atom. The van der Waals surface area contributed by atoms with Gasteiger partial charge in [0.1, 0.15) is 11.6 Å². The standard InChI is InChI=1S/C18H17F4N5O3/c19-12-9-10(18(20,21)22)1-4-13(12)26-16-17(30)27(8-7-25-16)14(24)5-2-11(23)3-6-15(28)29/h1-2,4-5,7-9H,3,6,23-24H2,(H,25,26)(H,28,29)/b11-2-,14-5+. The van der Waals surface area contributed by atoms with Crippen molar-refractivity contribution in [2.75, 3.05) is 5.32 Å². The van der Waals surface area contributed by atoms with Gasteiger partial charge in [0, 0.05) is 18.1 Å². The van der Waals surface area contributed by atoms with Crippen molar-refractivity contribution in [3.8, 4) is 0 Å². The molecular formula is C18H17F4N5O3. The Balaban J connectivity index is 2.27. The van der Waals surface area contributed by atoms with Gasteiger partial charge in [-0.25, -0.2) is 9.37 Å².